The summed E-state index contributed by atoms with van der Waals surface area (Å²) in [7, 11) is 0. The molecule has 2 nitrogen and oxygen atoms in total. The van der Waals surface area contributed by atoms with Crippen LogP contribution < -0.4 is 10.5 Å². The minimum atomic E-state index is -0.0668. The molecule has 0 aromatic heterocycles. The molecule has 1 aliphatic rings. The second-order valence-electron chi connectivity index (χ2n) is 5.66. The summed E-state index contributed by atoms with van der Waals surface area (Å²) in [6.45, 7) is 5.07. The lowest BCUT2D eigenvalue weighted by molar-refractivity contribution is 0.288. The molecular formula is C18H21NO. The van der Waals surface area contributed by atoms with E-state index in [9.17, 15) is 0 Å². The van der Waals surface area contributed by atoms with Gasteiger partial charge >= 0.3 is 0 Å². The summed E-state index contributed by atoms with van der Waals surface area (Å²) in [4.78, 5) is 0. The second kappa shape index (κ2) is 5.29. The van der Waals surface area contributed by atoms with Crippen molar-refractivity contribution in [3.8, 4) is 5.75 Å². The molecule has 0 spiro atoms. The lowest BCUT2D eigenvalue weighted by Crippen LogP contribution is -2.15. The molecule has 0 saturated heterocycles. The maximum atomic E-state index is 6.46. The van der Waals surface area contributed by atoms with Crippen LogP contribution in [0.15, 0.2) is 36.4 Å². The standard InChI is InChI=1S/C18H21NO/c1-12-5-7-16(13(2)10-12)18(19)15-6-8-17-14(11-15)4-3-9-20-17/h5-8,10-11,18H,3-4,9,19H2,1-2H3. The van der Waals surface area contributed by atoms with Gasteiger partial charge in [0.1, 0.15) is 5.75 Å². The summed E-state index contributed by atoms with van der Waals surface area (Å²) in [5.74, 6) is 1.02. The highest BCUT2D eigenvalue weighted by molar-refractivity contribution is 5.44. The normalized spacial score (nSPS) is 15.3. The minimum absolute atomic E-state index is 0.0668. The van der Waals surface area contributed by atoms with E-state index >= 15 is 0 Å². The van der Waals surface area contributed by atoms with E-state index in [2.05, 4.69) is 50.2 Å². The van der Waals surface area contributed by atoms with Gasteiger partial charge in [0.15, 0.2) is 0 Å². The Kier molecular flexibility index (Phi) is 3.49. The van der Waals surface area contributed by atoms with Crippen LogP contribution in [-0.2, 0) is 6.42 Å². The molecule has 2 N–H and O–H groups in total. The Balaban J connectivity index is 1.95. The molecule has 0 radical (unpaired) electrons. The molecule has 1 heterocycles. The highest BCUT2D eigenvalue weighted by atomic mass is 16.5. The van der Waals surface area contributed by atoms with Gasteiger partial charge in [0.25, 0.3) is 0 Å². The zero-order valence-corrected chi connectivity index (χ0v) is 12.1. The molecule has 0 aliphatic carbocycles. The Bertz CT molecular complexity index is 633. The van der Waals surface area contributed by atoms with Crippen molar-refractivity contribution in [3.05, 3.63) is 64.2 Å². The number of hydrogen-bond acceptors (Lipinski definition) is 2. The average Bonchev–Trinajstić information content (AvgIpc) is 2.46. The number of rotatable bonds is 2. The zero-order chi connectivity index (χ0) is 14.1. The van der Waals surface area contributed by atoms with Crippen molar-refractivity contribution in [2.45, 2.75) is 32.7 Å². The summed E-state index contributed by atoms with van der Waals surface area (Å²) in [5, 5.41) is 0. The number of fused-ring (bicyclic) bond motifs is 1. The van der Waals surface area contributed by atoms with E-state index in [-0.39, 0.29) is 6.04 Å². The highest BCUT2D eigenvalue weighted by Crippen LogP contribution is 2.30. The Morgan fingerprint density at radius 3 is 2.75 bits per heavy atom. The lowest BCUT2D eigenvalue weighted by atomic mass is 9.92. The van der Waals surface area contributed by atoms with Crippen LogP contribution in [0.3, 0.4) is 0 Å². The predicted octanol–water partition coefficient (Wildman–Crippen LogP) is 3.68. The average molecular weight is 267 g/mol. The van der Waals surface area contributed by atoms with Crippen LogP contribution >= 0.6 is 0 Å². The van der Waals surface area contributed by atoms with Crippen molar-refractivity contribution in [2.24, 2.45) is 5.73 Å². The Hall–Kier alpha value is -1.80. The molecule has 0 bridgehead atoms. The largest absolute Gasteiger partial charge is 0.493 e. The first kappa shape index (κ1) is 13.2. The topological polar surface area (TPSA) is 35.2 Å². The fraction of sp³-hybridized carbons (Fsp3) is 0.333. The zero-order valence-electron chi connectivity index (χ0n) is 12.1. The maximum absolute atomic E-state index is 6.46. The van der Waals surface area contributed by atoms with E-state index in [4.69, 9.17) is 10.5 Å². The predicted molar refractivity (Wildman–Crippen MR) is 82.2 cm³/mol. The fourth-order valence-corrected chi connectivity index (χ4v) is 2.93. The molecule has 2 heteroatoms. The van der Waals surface area contributed by atoms with Gasteiger partial charge in [0.05, 0.1) is 12.6 Å². The first-order valence-corrected chi connectivity index (χ1v) is 7.23. The Morgan fingerprint density at radius 2 is 1.95 bits per heavy atom. The first-order valence-electron chi connectivity index (χ1n) is 7.23. The molecule has 0 fully saturated rings. The second-order valence-corrected chi connectivity index (χ2v) is 5.66. The molecule has 0 saturated carbocycles. The van der Waals surface area contributed by atoms with Crippen LogP contribution in [0.2, 0.25) is 0 Å². The molecule has 0 amide bonds. The number of ether oxygens (including phenoxy) is 1. The summed E-state index contributed by atoms with van der Waals surface area (Å²) in [6.07, 6.45) is 2.18. The van der Waals surface area contributed by atoms with E-state index in [0.717, 1.165) is 25.2 Å². The number of nitrogens with two attached hydrogens (primary N) is 1. The van der Waals surface area contributed by atoms with Crippen LogP contribution in [0.5, 0.6) is 5.75 Å². The van der Waals surface area contributed by atoms with Gasteiger partial charge < -0.3 is 10.5 Å². The molecule has 3 rings (SSSR count). The summed E-state index contributed by atoms with van der Waals surface area (Å²) in [6, 6.07) is 12.8. The molecule has 1 aliphatic heterocycles. The van der Waals surface area contributed by atoms with Gasteiger partial charge in [0.2, 0.25) is 0 Å². The monoisotopic (exact) mass is 267 g/mol. The van der Waals surface area contributed by atoms with Crippen LogP contribution in [0.1, 0.15) is 40.3 Å². The molecule has 2 aromatic carbocycles. The van der Waals surface area contributed by atoms with Crippen molar-refractivity contribution in [2.75, 3.05) is 6.61 Å². The van der Waals surface area contributed by atoms with Gasteiger partial charge in [-0.25, -0.2) is 0 Å². The highest BCUT2D eigenvalue weighted by Gasteiger charge is 2.16. The summed E-state index contributed by atoms with van der Waals surface area (Å²) < 4.78 is 5.66. The number of benzene rings is 2. The molecule has 20 heavy (non-hydrogen) atoms. The van der Waals surface area contributed by atoms with Crippen LogP contribution in [0, 0.1) is 13.8 Å². The van der Waals surface area contributed by atoms with Crippen LogP contribution in [-0.4, -0.2) is 6.61 Å². The SMILES string of the molecule is Cc1ccc(C(N)c2ccc3c(c2)CCCO3)c(C)c1. The molecule has 1 atom stereocenters. The van der Waals surface area contributed by atoms with Crippen molar-refractivity contribution >= 4 is 0 Å². The van der Waals surface area contributed by atoms with Crippen molar-refractivity contribution in [1.82, 2.24) is 0 Å². The Labute approximate surface area is 120 Å². The summed E-state index contributed by atoms with van der Waals surface area (Å²) in [5.41, 5.74) is 12.6. The van der Waals surface area contributed by atoms with Gasteiger partial charge in [-0.1, -0.05) is 35.9 Å². The Morgan fingerprint density at radius 1 is 1.10 bits per heavy atom. The van der Waals surface area contributed by atoms with Gasteiger partial charge in [-0.3, -0.25) is 0 Å². The fourth-order valence-electron chi connectivity index (χ4n) is 2.93. The van der Waals surface area contributed by atoms with E-state index in [1.165, 1.54) is 27.8 Å². The van der Waals surface area contributed by atoms with Gasteiger partial charge in [0, 0.05) is 0 Å². The third kappa shape index (κ3) is 2.44. The van der Waals surface area contributed by atoms with Crippen LogP contribution in [0.25, 0.3) is 0 Å². The molecule has 104 valence electrons. The number of aryl methyl sites for hydroxylation is 3. The molecular weight excluding hydrogens is 246 g/mol. The first-order chi connectivity index (χ1) is 9.65. The van der Waals surface area contributed by atoms with Crippen molar-refractivity contribution in [3.63, 3.8) is 0 Å². The van der Waals surface area contributed by atoms with Gasteiger partial charge in [-0.05, 0) is 55.0 Å². The lowest BCUT2D eigenvalue weighted by Gasteiger charge is -2.21. The summed E-state index contributed by atoms with van der Waals surface area (Å²) >= 11 is 0. The van der Waals surface area contributed by atoms with Crippen LogP contribution in [0.4, 0.5) is 0 Å². The van der Waals surface area contributed by atoms with E-state index < -0.39 is 0 Å². The van der Waals surface area contributed by atoms with E-state index in [1.807, 2.05) is 0 Å². The smallest absolute Gasteiger partial charge is 0.122 e. The molecule has 2 aromatic rings. The van der Waals surface area contributed by atoms with E-state index in [0.29, 0.717) is 0 Å². The molecule has 1 unspecified atom stereocenters. The quantitative estimate of drug-likeness (QED) is 0.901. The van der Waals surface area contributed by atoms with Crippen molar-refractivity contribution in [1.29, 1.82) is 0 Å². The minimum Gasteiger partial charge on any atom is -0.493 e. The number of hydrogen-bond donors (Lipinski definition) is 1. The van der Waals surface area contributed by atoms with Gasteiger partial charge in [-0.2, -0.15) is 0 Å². The van der Waals surface area contributed by atoms with E-state index in [1.54, 1.807) is 0 Å². The van der Waals surface area contributed by atoms with Gasteiger partial charge in [-0.15, -0.1) is 0 Å². The van der Waals surface area contributed by atoms with Crippen molar-refractivity contribution < 1.29 is 4.74 Å². The third-order valence-electron chi connectivity index (χ3n) is 4.05. The third-order valence-corrected chi connectivity index (χ3v) is 4.05. The maximum Gasteiger partial charge on any atom is 0.122 e.